The van der Waals surface area contributed by atoms with Crippen LogP contribution in [0.4, 0.5) is 0 Å². The van der Waals surface area contributed by atoms with Crippen LogP contribution in [-0.2, 0) is 9.53 Å². The van der Waals surface area contributed by atoms with Crippen LogP contribution in [0.3, 0.4) is 0 Å². The summed E-state index contributed by atoms with van der Waals surface area (Å²) < 4.78 is 5.17. The number of carbonyl (C=O) groups excluding carboxylic acids is 1. The summed E-state index contributed by atoms with van der Waals surface area (Å²) in [5.41, 5.74) is 0. The Hall–Kier alpha value is -0.830. The highest BCUT2D eigenvalue weighted by molar-refractivity contribution is 5.83. The number of nitrogens with zero attached hydrogens (tertiary/aromatic N) is 1. The molecule has 1 amide bonds. The first-order chi connectivity index (χ1) is 4.38. The quantitative estimate of drug-likeness (QED) is 0.429. The van der Waals surface area contributed by atoms with Crippen molar-refractivity contribution < 1.29 is 9.53 Å². The summed E-state index contributed by atoms with van der Waals surface area (Å²) in [6, 6.07) is 0. The van der Waals surface area contributed by atoms with Gasteiger partial charge >= 0.3 is 0 Å². The van der Waals surface area contributed by atoms with Gasteiger partial charge in [0.05, 0.1) is 13.0 Å². The Bertz CT molecular complexity index is 176. The summed E-state index contributed by atoms with van der Waals surface area (Å²) >= 11 is 0. The first kappa shape index (κ1) is 4.99. The molecule has 3 heteroatoms. The van der Waals surface area contributed by atoms with Gasteiger partial charge in [0.1, 0.15) is 6.23 Å². The van der Waals surface area contributed by atoms with Crippen molar-refractivity contribution in [2.75, 3.05) is 6.61 Å². The van der Waals surface area contributed by atoms with Crippen LogP contribution in [-0.4, -0.2) is 23.6 Å². The second-order valence-electron chi connectivity index (χ2n) is 2.18. The van der Waals surface area contributed by atoms with Gasteiger partial charge in [-0.15, -0.1) is 0 Å². The predicted octanol–water partition coefficient (Wildman–Crippen LogP) is 0.0887. The number of ether oxygens (including phenoxy) is 1. The Morgan fingerprint density at radius 2 is 2.67 bits per heavy atom. The molecule has 1 fully saturated rings. The molecule has 0 unspecified atom stereocenters. The minimum absolute atomic E-state index is 0.0579. The van der Waals surface area contributed by atoms with Crippen molar-refractivity contribution in [1.82, 2.24) is 4.90 Å². The Balaban J connectivity index is 2.16. The highest BCUT2D eigenvalue weighted by Gasteiger charge is 2.36. The molecule has 0 aromatic carbocycles. The average Bonchev–Trinajstić information content (AvgIpc) is 1.86. The van der Waals surface area contributed by atoms with Gasteiger partial charge in [-0.2, -0.15) is 0 Å². The largest absolute Gasteiger partial charge is 0.353 e. The van der Waals surface area contributed by atoms with Gasteiger partial charge in [0.15, 0.2) is 0 Å². The molecule has 0 saturated carbocycles. The normalized spacial score (nSPS) is 31.8. The summed E-state index contributed by atoms with van der Waals surface area (Å²) in [5, 5.41) is 0. The van der Waals surface area contributed by atoms with Crippen LogP contribution in [0.2, 0.25) is 0 Å². The standard InChI is InChI=1S/C6H7NO2/c8-5-4-6-7(5)2-1-3-9-6/h1-2,6H,3-4H2/t6-/m0/s1. The van der Waals surface area contributed by atoms with Crippen molar-refractivity contribution >= 4 is 5.91 Å². The Morgan fingerprint density at radius 3 is 3.22 bits per heavy atom. The molecule has 0 aromatic rings. The fraction of sp³-hybridized carbons (Fsp3) is 0.500. The van der Waals surface area contributed by atoms with E-state index in [2.05, 4.69) is 0 Å². The fourth-order valence-electron chi connectivity index (χ4n) is 1.04. The van der Waals surface area contributed by atoms with E-state index in [1.54, 1.807) is 11.1 Å². The highest BCUT2D eigenvalue weighted by atomic mass is 16.5. The predicted molar refractivity (Wildman–Crippen MR) is 30.3 cm³/mol. The molecule has 2 aliphatic heterocycles. The number of hydrogen-bond donors (Lipinski definition) is 0. The zero-order valence-electron chi connectivity index (χ0n) is 4.91. The zero-order valence-corrected chi connectivity index (χ0v) is 4.91. The number of β-lactam (4-membered cyclic amide) rings is 1. The molecule has 0 bridgehead atoms. The highest BCUT2D eigenvalue weighted by Crippen LogP contribution is 2.22. The van der Waals surface area contributed by atoms with E-state index in [-0.39, 0.29) is 12.1 Å². The Kier molecular flexibility index (Phi) is 0.873. The van der Waals surface area contributed by atoms with E-state index in [9.17, 15) is 4.79 Å². The molecule has 48 valence electrons. The molecule has 2 aliphatic rings. The third kappa shape index (κ3) is 0.580. The maximum absolute atomic E-state index is 10.7. The monoisotopic (exact) mass is 125 g/mol. The van der Waals surface area contributed by atoms with Gasteiger partial charge in [0.2, 0.25) is 5.91 Å². The molecule has 1 saturated heterocycles. The molecule has 0 aromatic heterocycles. The van der Waals surface area contributed by atoms with Gasteiger partial charge in [-0.1, -0.05) is 0 Å². The fourth-order valence-corrected chi connectivity index (χ4v) is 1.04. The molecule has 1 atom stereocenters. The van der Waals surface area contributed by atoms with Gasteiger partial charge < -0.3 is 4.74 Å². The van der Waals surface area contributed by atoms with E-state index >= 15 is 0 Å². The van der Waals surface area contributed by atoms with E-state index in [1.807, 2.05) is 6.08 Å². The van der Waals surface area contributed by atoms with Crippen LogP contribution in [0.25, 0.3) is 0 Å². The van der Waals surface area contributed by atoms with Crippen molar-refractivity contribution in [3.63, 3.8) is 0 Å². The van der Waals surface area contributed by atoms with E-state index in [4.69, 9.17) is 4.74 Å². The average molecular weight is 125 g/mol. The van der Waals surface area contributed by atoms with E-state index in [1.165, 1.54) is 0 Å². The molecule has 0 spiro atoms. The van der Waals surface area contributed by atoms with Crippen LogP contribution in [0.5, 0.6) is 0 Å². The van der Waals surface area contributed by atoms with Crippen LogP contribution in [0, 0.1) is 0 Å². The Labute approximate surface area is 52.9 Å². The van der Waals surface area contributed by atoms with Crippen LogP contribution >= 0.6 is 0 Å². The lowest BCUT2D eigenvalue weighted by Crippen LogP contribution is -2.52. The molecule has 0 aliphatic carbocycles. The number of fused-ring (bicyclic) bond motifs is 1. The summed E-state index contributed by atoms with van der Waals surface area (Å²) in [6.45, 7) is 0.647. The van der Waals surface area contributed by atoms with Crippen LogP contribution < -0.4 is 0 Å². The van der Waals surface area contributed by atoms with Crippen LogP contribution in [0.1, 0.15) is 6.42 Å². The number of carbonyl (C=O) groups is 1. The van der Waals surface area contributed by atoms with Gasteiger partial charge in [0.25, 0.3) is 0 Å². The van der Waals surface area contributed by atoms with E-state index in [0.29, 0.717) is 13.0 Å². The van der Waals surface area contributed by atoms with Gasteiger partial charge in [-0.05, 0) is 6.08 Å². The third-order valence-electron chi connectivity index (χ3n) is 1.60. The topological polar surface area (TPSA) is 29.5 Å². The summed E-state index contributed by atoms with van der Waals surface area (Å²) in [7, 11) is 0. The Morgan fingerprint density at radius 1 is 1.78 bits per heavy atom. The second-order valence-corrected chi connectivity index (χ2v) is 2.18. The molecule has 3 nitrogen and oxygen atoms in total. The smallest absolute Gasteiger partial charge is 0.233 e. The maximum Gasteiger partial charge on any atom is 0.233 e. The molecular weight excluding hydrogens is 118 g/mol. The lowest BCUT2D eigenvalue weighted by Gasteiger charge is -2.39. The zero-order chi connectivity index (χ0) is 6.27. The second kappa shape index (κ2) is 1.57. The number of rotatable bonds is 0. The lowest BCUT2D eigenvalue weighted by molar-refractivity contribution is -0.166. The summed E-state index contributed by atoms with van der Waals surface area (Å²) in [4.78, 5) is 12.3. The number of amides is 1. The lowest BCUT2D eigenvalue weighted by atomic mass is 10.1. The molecule has 9 heavy (non-hydrogen) atoms. The molecule has 2 heterocycles. The molecular formula is C6H7NO2. The van der Waals surface area contributed by atoms with Crippen molar-refractivity contribution in [1.29, 1.82) is 0 Å². The van der Waals surface area contributed by atoms with E-state index < -0.39 is 0 Å². The first-order valence-electron chi connectivity index (χ1n) is 2.97. The van der Waals surface area contributed by atoms with Crippen molar-refractivity contribution in [2.45, 2.75) is 12.6 Å². The summed E-state index contributed by atoms with van der Waals surface area (Å²) in [5.74, 6) is 0.163. The molecule has 0 N–H and O–H groups in total. The van der Waals surface area contributed by atoms with Gasteiger partial charge in [-0.3, -0.25) is 9.69 Å². The van der Waals surface area contributed by atoms with Crippen molar-refractivity contribution in [3.8, 4) is 0 Å². The van der Waals surface area contributed by atoms with Gasteiger partial charge in [-0.25, -0.2) is 0 Å². The van der Waals surface area contributed by atoms with Crippen molar-refractivity contribution in [2.24, 2.45) is 0 Å². The minimum Gasteiger partial charge on any atom is -0.353 e. The maximum atomic E-state index is 10.7. The summed E-state index contributed by atoms with van der Waals surface area (Å²) in [6.07, 6.45) is 4.25. The van der Waals surface area contributed by atoms with Crippen molar-refractivity contribution in [3.05, 3.63) is 12.3 Å². The third-order valence-corrected chi connectivity index (χ3v) is 1.60. The van der Waals surface area contributed by atoms with E-state index in [0.717, 1.165) is 0 Å². The molecule has 0 radical (unpaired) electrons. The van der Waals surface area contributed by atoms with Crippen LogP contribution in [0.15, 0.2) is 12.3 Å². The SMILES string of the molecule is O=C1C[C@@H]2OCC=CN12. The molecule has 2 rings (SSSR count). The van der Waals surface area contributed by atoms with Gasteiger partial charge in [0, 0.05) is 6.20 Å². The number of hydrogen-bond acceptors (Lipinski definition) is 2. The first-order valence-corrected chi connectivity index (χ1v) is 2.97. The minimum atomic E-state index is 0.0579.